The number of halogens is 3. The summed E-state index contributed by atoms with van der Waals surface area (Å²) in [6.07, 6.45) is 0.924. The minimum absolute atomic E-state index is 0. The number of guanidine groups is 1. The molecule has 0 aromatic heterocycles. The highest BCUT2D eigenvalue weighted by Crippen LogP contribution is 2.44. The van der Waals surface area contributed by atoms with Gasteiger partial charge in [-0.25, -0.2) is 9.38 Å². The fourth-order valence-corrected chi connectivity index (χ4v) is 2.27. The van der Waals surface area contributed by atoms with Gasteiger partial charge in [0, 0.05) is 11.5 Å². The van der Waals surface area contributed by atoms with E-state index in [1.807, 2.05) is 26.8 Å². The third-order valence-electron chi connectivity index (χ3n) is 2.94. The molecule has 6 heteroatoms. The molecule has 0 bridgehead atoms. The summed E-state index contributed by atoms with van der Waals surface area (Å²) in [5, 5.41) is 3.13. The first-order valence-electron chi connectivity index (χ1n) is 6.32. The van der Waals surface area contributed by atoms with Crippen LogP contribution in [0.2, 0.25) is 0 Å². The minimum Gasteiger partial charge on any atom is -0.370 e. The van der Waals surface area contributed by atoms with Crippen LogP contribution in [0, 0.1) is 5.82 Å². The van der Waals surface area contributed by atoms with Crippen molar-refractivity contribution in [1.82, 2.24) is 5.32 Å². The van der Waals surface area contributed by atoms with Crippen LogP contribution in [0.25, 0.3) is 0 Å². The lowest BCUT2D eigenvalue weighted by Gasteiger charge is -2.21. The SMILES string of the molecule is CC(C)(C)NC(N)=N[C@@H]1C[C@H]1c1ccc(Br)c(F)c1.I. The Labute approximate surface area is 144 Å². The average Bonchev–Trinajstić information content (AvgIpc) is 2.98. The molecule has 1 saturated carbocycles. The molecule has 1 aromatic rings. The fraction of sp³-hybridized carbons (Fsp3) is 0.500. The zero-order chi connectivity index (χ0) is 14.2. The highest BCUT2D eigenvalue weighted by atomic mass is 127. The van der Waals surface area contributed by atoms with E-state index in [-0.39, 0.29) is 47.3 Å². The monoisotopic (exact) mass is 455 g/mol. The highest BCUT2D eigenvalue weighted by Gasteiger charge is 2.39. The molecule has 2 atom stereocenters. The maximum atomic E-state index is 13.5. The standard InChI is InChI=1S/C14H19BrFN3.HI/c1-14(2,3)19-13(17)18-12-7-9(12)8-4-5-10(15)11(16)6-8;/h4-6,9,12H,7H2,1-3H3,(H3,17,18,19);1H/t9-,12+;/m0./s1. The lowest BCUT2D eigenvalue weighted by molar-refractivity contribution is 0.508. The summed E-state index contributed by atoms with van der Waals surface area (Å²) >= 11 is 3.15. The van der Waals surface area contributed by atoms with E-state index in [2.05, 4.69) is 26.2 Å². The highest BCUT2D eigenvalue weighted by molar-refractivity contribution is 14.0. The molecule has 2 rings (SSSR count). The van der Waals surface area contributed by atoms with Gasteiger partial charge in [-0.15, -0.1) is 24.0 Å². The first kappa shape index (κ1) is 17.7. The van der Waals surface area contributed by atoms with E-state index in [0.29, 0.717) is 10.4 Å². The summed E-state index contributed by atoms with van der Waals surface area (Å²) < 4.78 is 14.0. The predicted molar refractivity (Wildman–Crippen MR) is 95.2 cm³/mol. The number of nitrogens with zero attached hydrogens (tertiary/aromatic N) is 1. The molecule has 20 heavy (non-hydrogen) atoms. The number of hydrogen-bond acceptors (Lipinski definition) is 1. The first-order chi connectivity index (χ1) is 8.76. The van der Waals surface area contributed by atoms with Crippen molar-refractivity contribution in [1.29, 1.82) is 0 Å². The first-order valence-corrected chi connectivity index (χ1v) is 7.12. The quantitative estimate of drug-likeness (QED) is 0.405. The molecule has 1 aliphatic rings. The number of nitrogens with one attached hydrogen (secondary N) is 1. The normalized spacial score (nSPS) is 22.1. The van der Waals surface area contributed by atoms with Gasteiger partial charge < -0.3 is 11.1 Å². The molecule has 0 radical (unpaired) electrons. The predicted octanol–water partition coefficient (Wildman–Crippen LogP) is 3.76. The second-order valence-corrected chi connectivity index (χ2v) is 6.83. The lowest BCUT2D eigenvalue weighted by Crippen LogP contribution is -2.45. The molecule has 1 aliphatic carbocycles. The van der Waals surface area contributed by atoms with Gasteiger partial charge in [-0.2, -0.15) is 0 Å². The van der Waals surface area contributed by atoms with Gasteiger partial charge in [0.25, 0.3) is 0 Å². The van der Waals surface area contributed by atoms with E-state index >= 15 is 0 Å². The molecule has 0 aliphatic heterocycles. The van der Waals surface area contributed by atoms with Crippen LogP contribution >= 0.6 is 39.9 Å². The summed E-state index contributed by atoms with van der Waals surface area (Å²) in [5.41, 5.74) is 6.74. The molecular weight excluding hydrogens is 436 g/mol. The largest absolute Gasteiger partial charge is 0.370 e. The van der Waals surface area contributed by atoms with Crippen LogP contribution in [0.15, 0.2) is 27.7 Å². The van der Waals surface area contributed by atoms with Gasteiger partial charge >= 0.3 is 0 Å². The lowest BCUT2D eigenvalue weighted by atomic mass is 10.1. The van der Waals surface area contributed by atoms with E-state index in [0.717, 1.165) is 12.0 Å². The molecular formula is C14H20BrFIN3. The van der Waals surface area contributed by atoms with Crippen molar-refractivity contribution >= 4 is 45.9 Å². The maximum absolute atomic E-state index is 13.5. The van der Waals surface area contributed by atoms with Crippen molar-refractivity contribution in [3.63, 3.8) is 0 Å². The Morgan fingerprint density at radius 1 is 1.45 bits per heavy atom. The smallest absolute Gasteiger partial charge is 0.189 e. The van der Waals surface area contributed by atoms with Gasteiger partial charge in [-0.3, -0.25) is 0 Å². The summed E-state index contributed by atoms with van der Waals surface area (Å²) in [5.74, 6) is 0.508. The fourth-order valence-electron chi connectivity index (χ4n) is 2.02. The Hall–Kier alpha value is -0.370. The van der Waals surface area contributed by atoms with Crippen LogP contribution in [-0.2, 0) is 0 Å². The number of nitrogens with two attached hydrogens (primary N) is 1. The van der Waals surface area contributed by atoms with E-state index in [9.17, 15) is 4.39 Å². The van der Waals surface area contributed by atoms with E-state index < -0.39 is 0 Å². The Morgan fingerprint density at radius 3 is 2.65 bits per heavy atom. The molecule has 3 N–H and O–H groups in total. The van der Waals surface area contributed by atoms with Crippen molar-refractivity contribution in [2.24, 2.45) is 10.7 Å². The van der Waals surface area contributed by atoms with Crippen molar-refractivity contribution in [3.05, 3.63) is 34.1 Å². The molecule has 0 amide bonds. The zero-order valence-corrected chi connectivity index (χ0v) is 15.7. The van der Waals surface area contributed by atoms with Crippen molar-refractivity contribution in [3.8, 4) is 0 Å². The van der Waals surface area contributed by atoms with E-state index in [4.69, 9.17) is 5.73 Å². The van der Waals surface area contributed by atoms with Gasteiger partial charge in [0.1, 0.15) is 5.82 Å². The van der Waals surface area contributed by atoms with Gasteiger partial charge in [0.2, 0.25) is 0 Å². The summed E-state index contributed by atoms with van der Waals surface area (Å²) in [6.45, 7) is 6.09. The second-order valence-electron chi connectivity index (χ2n) is 5.97. The van der Waals surface area contributed by atoms with Crippen molar-refractivity contribution < 1.29 is 4.39 Å². The van der Waals surface area contributed by atoms with Gasteiger partial charge in [-0.05, 0) is 60.8 Å². The number of benzene rings is 1. The van der Waals surface area contributed by atoms with Crippen LogP contribution in [0.1, 0.15) is 38.7 Å². The summed E-state index contributed by atoms with van der Waals surface area (Å²) in [4.78, 5) is 4.43. The van der Waals surface area contributed by atoms with Crippen LogP contribution in [0.3, 0.4) is 0 Å². The average molecular weight is 456 g/mol. The third kappa shape index (κ3) is 4.87. The van der Waals surface area contributed by atoms with Gasteiger partial charge in [0.15, 0.2) is 5.96 Å². The number of hydrogen-bond donors (Lipinski definition) is 2. The van der Waals surface area contributed by atoms with Crippen LogP contribution in [0.4, 0.5) is 4.39 Å². The van der Waals surface area contributed by atoms with Gasteiger partial charge in [-0.1, -0.05) is 6.07 Å². The number of rotatable bonds is 2. The van der Waals surface area contributed by atoms with Crippen LogP contribution in [0.5, 0.6) is 0 Å². The Bertz CT molecular complexity index is 514. The molecule has 1 fully saturated rings. The molecule has 1 aromatic carbocycles. The van der Waals surface area contributed by atoms with Crippen molar-refractivity contribution in [2.45, 2.75) is 44.7 Å². The zero-order valence-electron chi connectivity index (χ0n) is 11.8. The Morgan fingerprint density at radius 2 is 2.10 bits per heavy atom. The maximum Gasteiger partial charge on any atom is 0.189 e. The Balaban J connectivity index is 0.00000200. The van der Waals surface area contributed by atoms with E-state index in [1.165, 1.54) is 0 Å². The molecule has 0 saturated heterocycles. The summed E-state index contributed by atoms with van der Waals surface area (Å²) in [7, 11) is 0. The van der Waals surface area contributed by atoms with Gasteiger partial charge in [0.05, 0.1) is 10.5 Å². The topological polar surface area (TPSA) is 50.4 Å². The second kappa shape index (κ2) is 6.60. The van der Waals surface area contributed by atoms with Crippen molar-refractivity contribution in [2.75, 3.05) is 0 Å². The third-order valence-corrected chi connectivity index (χ3v) is 3.58. The molecule has 0 heterocycles. The molecule has 0 unspecified atom stereocenters. The Kier molecular flexibility index (Phi) is 5.83. The molecule has 3 nitrogen and oxygen atoms in total. The number of aliphatic imine (C=N–C) groups is 1. The molecule has 112 valence electrons. The van der Waals surface area contributed by atoms with Crippen LogP contribution < -0.4 is 11.1 Å². The summed E-state index contributed by atoms with van der Waals surface area (Å²) in [6, 6.07) is 5.40. The van der Waals surface area contributed by atoms with Crippen LogP contribution in [-0.4, -0.2) is 17.5 Å². The van der Waals surface area contributed by atoms with E-state index in [1.54, 1.807) is 12.1 Å². The molecule has 0 spiro atoms. The minimum atomic E-state index is -0.229.